The molecular formula is C15H8F4N2. The van der Waals surface area contributed by atoms with Crippen LogP contribution in [0.3, 0.4) is 0 Å². The van der Waals surface area contributed by atoms with Crippen LogP contribution in [-0.2, 0) is 0 Å². The van der Waals surface area contributed by atoms with Crippen molar-refractivity contribution in [3.8, 4) is 0 Å². The van der Waals surface area contributed by atoms with Crippen LogP contribution in [-0.4, -0.2) is 11.2 Å². The number of aromatic nitrogens is 1. The first kappa shape index (κ1) is 13.4. The van der Waals surface area contributed by atoms with E-state index in [4.69, 9.17) is 0 Å². The second-order valence-corrected chi connectivity index (χ2v) is 4.36. The van der Waals surface area contributed by atoms with Gasteiger partial charge in [-0.2, -0.15) is 0 Å². The van der Waals surface area contributed by atoms with Gasteiger partial charge in [0, 0.05) is 29.4 Å². The highest BCUT2D eigenvalue weighted by Crippen LogP contribution is 2.27. The van der Waals surface area contributed by atoms with E-state index in [0.717, 1.165) is 11.6 Å². The topological polar surface area (TPSA) is 28.1 Å². The molecule has 0 atom stereocenters. The third-order valence-corrected chi connectivity index (χ3v) is 3.04. The lowest BCUT2D eigenvalue weighted by molar-refractivity contribution is 0.457. The lowest BCUT2D eigenvalue weighted by atomic mass is 10.1. The van der Waals surface area contributed by atoms with Gasteiger partial charge in [0.25, 0.3) is 0 Å². The highest BCUT2D eigenvalue weighted by atomic mass is 19.2. The van der Waals surface area contributed by atoms with Crippen LogP contribution in [0, 0.1) is 23.3 Å². The maximum Gasteiger partial charge on any atom is 0.187 e. The van der Waals surface area contributed by atoms with E-state index in [2.05, 4.69) is 9.98 Å². The van der Waals surface area contributed by atoms with Crippen molar-refractivity contribution in [2.24, 2.45) is 4.99 Å². The van der Waals surface area contributed by atoms with Crippen LogP contribution in [0.25, 0.3) is 10.9 Å². The van der Waals surface area contributed by atoms with E-state index in [1.165, 1.54) is 0 Å². The van der Waals surface area contributed by atoms with Gasteiger partial charge < -0.3 is 4.98 Å². The van der Waals surface area contributed by atoms with Crippen molar-refractivity contribution in [1.82, 2.24) is 4.98 Å². The Morgan fingerprint density at radius 3 is 2.38 bits per heavy atom. The van der Waals surface area contributed by atoms with E-state index in [9.17, 15) is 17.6 Å². The van der Waals surface area contributed by atoms with Crippen LogP contribution in [0.4, 0.5) is 23.2 Å². The standard InChI is InChI=1S/C15H8F4N2/c16-10-6-11(17)13(19)15(12(10)18)21-7-9-3-1-2-8-4-5-20-14(8)9/h1-7,20H. The van der Waals surface area contributed by atoms with Gasteiger partial charge in [0.2, 0.25) is 0 Å². The van der Waals surface area contributed by atoms with Crippen molar-refractivity contribution < 1.29 is 17.6 Å². The van der Waals surface area contributed by atoms with Crippen LogP contribution in [0.1, 0.15) is 5.56 Å². The fourth-order valence-corrected chi connectivity index (χ4v) is 2.02. The summed E-state index contributed by atoms with van der Waals surface area (Å²) in [6.45, 7) is 0. The molecule has 0 aliphatic rings. The summed E-state index contributed by atoms with van der Waals surface area (Å²) >= 11 is 0. The summed E-state index contributed by atoms with van der Waals surface area (Å²) in [5.74, 6) is -6.02. The van der Waals surface area contributed by atoms with Gasteiger partial charge >= 0.3 is 0 Å². The number of hydrogen-bond donors (Lipinski definition) is 1. The van der Waals surface area contributed by atoms with Crippen molar-refractivity contribution in [3.05, 3.63) is 65.4 Å². The summed E-state index contributed by atoms with van der Waals surface area (Å²) in [7, 11) is 0. The third-order valence-electron chi connectivity index (χ3n) is 3.04. The van der Waals surface area contributed by atoms with Crippen LogP contribution >= 0.6 is 0 Å². The Hall–Kier alpha value is -2.63. The number of rotatable bonds is 2. The summed E-state index contributed by atoms with van der Waals surface area (Å²) in [6, 6.07) is 7.20. The Morgan fingerprint density at radius 2 is 1.67 bits per heavy atom. The van der Waals surface area contributed by atoms with E-state index in [-0.39, 0.29) is 6.07 Å². The molecule has 0 aliphatic carbocycles. The molecule has 0 bridgehead atoms. The molecule has 0 saturated heterocycles. The fraction of sp³-hybridized carbons (Fsp3) is 0. The molecule has 0 spiro atoms. The SMILES string of the molecule is Fc1cc(F)c(F)c(N=Cc2cccc3cc[nH]c23)c1F. The second kappa shape index (κ2) is 5.05. The summed E-state index contributed by atoms with van der Waals surface area (Å²) in [5, 5.41) is 0.880. The molecule has 0 amide bonds. The van der Waals surface area contributed by atoms with Crippen molar-refractivity contribution in [2.45, 2.75) is 0 Å². The molecule has 6 heteroatoms. The van der Waals surface area contributed by atoms with Gasteiger partial charge in [-0.25, -0.2) is 22.6 Å². The molecule has 2 aromatic carbocycles. The number of benzene rings is 2. The number of H-pyrrole nitrogens is 1. The molecular weight excluding hydrogens is 284 g/mol. The van der Waals surface area contributed by atoms with Crippen molar-refractivity contribution in [2.75, 3.05) is 0 Å². The molecule has 1 aromatic heterocycles. The monoisotopic (exact) mass is 292 g/mol. The highest BCUT2D eigenvalue weighted by molar-refractivity contribution is 5.98. The minimum atomic E-state index is -1.52. The largest absolute Gasteiger partial charge is 0.361 e. The first-order chi connectivity index (χ1) is 10.1. The molecule has 3 rings (SSSR count). The summed E-state index contributed by atoms with van der Waals surface area (Å²) in [5.41, 5.74) is 0.260. The summed E-state index contributed by atoms with van der Waals surface area (Å²) in [4.78, 5) is 6.50. The average molecular weight is 292 g/mol. The highest BCUT2D eigenvalue weighted by Gasteiger charge is 2.18. The Morgan fingerprint density at radius 1 is 0.952 bits per heavy atom. The minimum absolute atomic E-state index is 0.148. The van der Waals surface area contributed by atoms with Gasteiger partial charge in [-0.05, 0) is 6.07 Å². The Bertz CT molecular complexity index is 826. The third kappa shape index (κ3) is 2.29. The van der Waals surface area contributed by atoms with Gasteiger partial charge in [0.05, 0.1) is 5.52 Å². The number of nitrogens with one attached hydrogen (secondary N) is 1. The zero-order chi connectivity index (χ0) is 15.0. The van der Waals surface area contributed by atoms with E-state index < -0.39 is 29.0 Å². The lowest BCUT2D eigenvalue weighted by Crippen LogP contribution is -1.94. The van der Waals surface area contributed by atoms with Gasteiger partial charge in [0.15, 0.2) is 23.3 Å². The minimum Gasteiger partial charge on any atom is -0.361 e. The zero-order valence-corrected chi connectivity index (χ0v) is 10.5. The molecule has 21 heavy (non-hydrogen) atoms. The Labute approximate surface area is 116 Å². The normalized spacial score (nSPS) is 11.6. The van der Waals surface area contributed by atoms with Gasteiger partial charge in [-0.1, -0.05) is 18.2 Å². The number of fused-ring (bicyclic) bond motifs is 1. The molecule has 0 aliphatic heterocycles. The lowest BCUT2D eigenvalue weighted by Gasteiger charge is -2.02. The van der Waals surface area contributed by atoms with Crippen LogP contribution in [0.2, 0.25) is 0 Å². The number of hydrogen-bond acceptors (Lipinski definition) is 1. The second-order valence-electron chi connectivity index (χ2n) is 4.36. The maximum absolute atomic E-state index is 13.5. The smallest absolute Gasteiger partial charge is 0.187 e. The van der Waals surface area contributed by atoms with Gasteiger partial charge in [-0.3, -0.25) is 0 Å². The van der Waals surface area contributed by atoms with E-state index in [0.29, 0.717) is 11.1 Å². The van der Waals surface area contributed by atoms with Crippen LogP contribution in [0.5, 0.6) is 0 Å². The Kier molecular flexibility index (Phi) is 3.21. The first-order valence-electron chi connectivity index (χ1n) is 6.01. The average Bonchev–Trinajstić information content (AvgIpc) is 2.94. The molecule has 0 unspecified atom stereocenters. The zero-order valence-electron chi connectivity index (χ0n) is 10.5. The predicted octanol–water partition coefficient (Wildman–Crippen LogP) is 4.47. The van der Waals surface area contributed by atoms with Gasteiger partial charge in [0.1, 0.15) is 5.69 Å². The van der Waals surface area contributed by atoms with Crippen molar-refractivity contribution >= 4 is 22.8 Å². The molecule has 0 radical (unpaired) electrons. The number of aromatic amines is 1. The van der Waals surface area contributed by atoms with Crippen LogP contribution < -0.4 is 0 Å². The molecule has 106 valence electrons. The number of halogens is 4. The fourth-order valence-electron chi connectivity index (χ4n) is 2.02. The predicted molar refractivity (Wildman–Crippen MR) is 71.8 cm³/mol. The number of nitrogens with zero attached hydrogens (tertiary/aromatic N) is 1. The number of aliphatic imine (C=N–C) groups is 1. The quantitative estimate of drug-likeness (QED) is 0.410. The van der Waals surface area contributed by atoms with Gasteiger partial charge in [-0.15, -0.1) is 0 Å². The maximum atomic E-state index is 13.5. The van der Waals surface area contributed by atoms with E-state index >= 15 is 0 Å². The molecule has 1 N–H and O–H groups in total. The summed E-state index contributed by atoms with van der Waals surface area (Å²) in [6.07, 6.45) is 2.85. The summed E-state index contributed by atoms with van der Waals surface area (Å²) < 4.78 is 53.2. The molecule has 0 saturated carbocycles. The molecule has 2 nitrogen and oxygen atoms in total. The molecule has 1 heterocycles. The number of para-hydroxylation sites is 1. The Balaban J connectivity index is 2.10. The van der Waals surface area contributed by atoms with E-state index in [1.807, 2.05) is 12.1 Å². The van der Waals surface area contributed by atoms with Crippen molar-refractivity contribution in [1.29, 1.82) is 0 Å². The molecule has 0 fully saturated rings. The first-order valence-corrected chi connectivity index (χ1v) is 6.01. The van der Waals surface area contributed by atoms with Crippen molar-refractivity contribution in [3.63, 3.8) is 0 Å². The van der Waals surface area contributed by atoms with E-state index in [1.54, 1.807) is 18.3 Å². The molecule has 3 aromatic rings. The van der Waals surface area contributed by atoms with Crippen LogP contribution in [0.15, 0.2) is 41.5 Å².